The molecule has 2 aromatic carbocycles. The van der Waals surface area contributed by atoms with Gasteiger partial charge in [0.15, 0.2) is 0 Å². The maximum Gasteiger partial charge on any atom is 0.416 e. The molecule has 3 rings (SSSR count). The van der Waals surface area contributed by atoms with Crippen LogP contribution in [-0.4, -0.2) is 5.91 Å². The molecular weight excluding hydrogens is 279 g/mol. The van der Waals surface area contributed by atoms with Crippen molar-refractivity contribution in [3.05, 3.63) is 65.2 Å². The van der Waals surface area contributed by atoms with Crippen LogP contribution in [-0.2, 0) is 11.0 Å². The predicted molar refractivity (Wildman–Crippen MR) is 73.0 cm³/mol. The number of hydrogen-bond donors (Lipinski definition) is 1. The molecule has 0 fully saturated rings. The van der Waals surface area contributed by atoms with Crippen LogP contribution in [0.25, 0.3) is 0 Å². The number of alkyl halides is 3. The van der Waals surface area contributed by atoms with Crippen LogP contribution in [0, 0.1) is 0 Å². The van der Waals surface area contributed by atoms with E-state index in [1.54, 1.807) is 0 Å². The molecular formula is C16H12F3NO. The Hall–Kier alpha value is -2.30. The summed E-state index contributed by atoms with van der Waals surface area (Å²) in [6.45, 7) is 0. The van der Waals surface area contributed by atoms with E-state index in [2.05, 4.69) is 5.32 Å². The summed E-state index contributed by atoms with van der Waals surface area (Å²) >= 11 is 0. The van der Waals surface area contributed by atoms with Crippen LogP contribution in [0.2, 0.25) is 0 Å². The van der Waals surface area contributed by atoms with E-state index in [1.165, 1.54) is 6.07 Å². The summed E-state index contributed by atoms with van der Waals surface area (Å²) in [4.78, 5) is 11.8. The van der Waals surface area contributed by atoms with Crippen molar-refractivity contribution in [3.8, 4) is 0 Å². The Labute approximate surface area is 119 Å². The summed E-state index contributed by atoms with van der Waals surface area (Å²) in [5, 5.41) is 2.53. The van der Waals surface area contributed by atoms with Gasteiger partial charge in [-0.25, -0.2) is 0 Å². The topological polar surface area (TPSA) is 29.1 Å². The van der Waals surface area contributed by atoms with Crippen molar-refractivity contribution in [1.82, 2.24) is 0 Å². The minimum Gasteiger partial charge on any atom is -0.326 e. The van der Waals surface area contributed by atoms with Crippen LogP contribution < -0.4 is 5.32 Å². The predicted octanol–water partition coefficient (Wildman–Crippen LogP) is 4.18. The second kappa shape index (κ2) is 4.91. The zero-order valence-electron chi connectivity index (χ0n) is 10.9. The van der Waals surface area contributed by atoms with Gasteiger partial charge in [0.2, 0.25) is 5.91 Å². The number of hydrogen-bond acceptors (Lipinski definition) is 1. The Morgan fingerprint density at radius 2 is 1.76 bits per heavy atom. The highest BCUT2D eigenvalue weighted by Crippen LogP contribution is 2.40. The van der Waals surface area contributed by atoms with Gasteiger partial charge in [0.05, 0.1) is 5.56 Å². The molecule has 1 aliphatic heterocycles. The fourth-order valence-corrected chi connectivity index (χ4v) is 2.62. The molecule has 0 saturated carbocycles. The van der Waals surface area contributed by atoms with Crippen LogP contribution in [0.4, 0.5) is 18.9 Å². The van der Waals surface area contributed by atoms with Gasteiger partial charge in [0.25, 0.3) is 0 Å². The fourth-order valence-electron chi connectivity index (χ4n) is 2.62. The summed E-state index contributed by atoms with van der Waals surface area (Å²) in [7, 11) is 0. The highest BCUT2D eigenvalue weighted by molar-refractivity contribution is 5.95. The molecule has 21 heavy (non-hydrogen) atoms. The number of carbonyl (C=O) groups excluding carboxylic acids is 1. The van der Waals surface area contributed by atoms with Crippen molar-refractivity contribution in [1.29, 1.82) is 0 Å². The number of amides is 1. The Bertz CT molecular complexity index is 680. The first-order valence-corrected chi connectivity index (χ1v) is 6.51. The summed E-state index contributed by atoms with van der Waals surface area (Å²) in [5.41, 5.74) is 1.13. The first-order valence-electron chi connectivity index (χ1n) is 6.51. The minimum atomic E-state index is -4.42. The van der Waals surface area contributed by atoms with Gasteiger partial charge in [-0.3, -0.25) is 4.79 Å². The zero-order valence-corrected chi connectivity index (χ0v) is 10.9. The van der Waals surface area contributed by atoms with Gasteiger partial charge >= 0.3 is 6.18 Å². The van der Waals surface area contributed by atoms with Crippen molar-refractivity contribution >= 4 is 11.6 Å². The van der Waals surface area contributed by atoms with E-state index < -0.39 is 11.7 Å². The highest BCUT2D eigenvalue weighted by atomic mass is 19.4. The lowest BCUT2D eigenvalue weighted by molar-refractivity contribution is -0.137. The lowest BCUT2D eigenvalue weighted by Crippen LogP contribution is -2.24. The van der Waals surface area contributed by atoms with Gasteiger partial charge in [-0.15, -0.1) is 0 Å². The summed E-state index contributed by atoms with van der Waals surface area (Å²) in [6, 6.07) is 12.8. The minimum absolute atomic E-state index is 0.211. The number of anilines is 1. The maximum absolute atomic E-state index is 12.8. The summed E-state index contributed by atoms with van der Waals surface area (Å²) < 4.78 is 38.3. The monoisotopic (exact) mass is 291 g/mol. The molecule has 5 heteroatoms. The largest absolute Gasteiger partial charge is 0.416 e. The van der Waals surface area contributed by atoms with Crippen molar-refractivity contribution in [3.63, 3.8) is 0 Å². The molecule has 1 N–H and O–H groups in total. The van der Waals surface area contributed by atoms with Crippen molar-refractivity contribution in [2.75, 3.05) is 5.32 Å². The second-order valence-corrected chi connectivity index (χ2v) is 5.02. The Balaban J connectivity index is 2.08. The molecule has 2 nitrogen and oxygen atoms in total. The molecule has 0 aromatic heterocycles. The fraction of sp³-hybridized carbons (Fsp3) is 0.188. The van der Waals surface area contributed by atoms with Crippen molar-refractivity contribution < 1.29 is 18.0 Å². The van der Waals surface area contributed by atoms with Gasteiger partial charge in [0, 0.05) is 18.0 Å². The average molecular weight is 291 g/mol. The number of fused-ring (bicyclic) bond motifs is 1. The third kappa shape index (κ3) is 2.63. The van der Waals surface area contributed by atoms with E-state index in [9.17, 15) is 18.0 Å². The zero-order chi connectivity index (χ0) is 15.0. The SMILES string of the molecule is O=C1C[C@@H](c2ccccc2)c2ccc(C(F)(F)F)cc2N1. The van der Waals surface area contributed by atoms with E-state index in [0.29, 0.717) is 5.56 Å². The van der Waals surface area contributed by atoms with E-state index in [-0.39, 0.29) is 23.9 Å². The number of rotatable bonds is 1. The number of nitrogens with one attached hydrogen (secondary N) is 1. The first-order chi connectivity index (χ1) is 9.95. The van der Waals surface area contributed by atoms with Gasteiger partial charge in [-0.2, -0.15) is 13.2 Å². The third-order valence-corrected chi connectivity index (χ3v) is 3.62. The van der Waals surface area contributed by atoms with Crippen LogP contribution >= 0.6 is 0 Å². The molecule has 1 aliphatic rings. The number of benzene rings is 2. The molecule has 1 atom stereocenters. The smallest absolute Gasteiger partial charge is 0.326 e. The average Bonchev–Trinajstić information content (AvgIpc) is 2.45. The molecule has 0 bridgehead atoms. The molecule has 1 amide bonds. The van der Waals surface area contributed by atoms with Gasteiger partial charge in [-0.05, 0) is 23.3 Å². The van der Waals surface area contributed by atoms with E-state index >= 15 is 0 Å². The molecule has 0 aliphatic carbocycles. The Morgan fingerprint density at radius 3 is 2.43 bits per heavy atom. The normalized spacial score (nSPS) is 18.0. The molecule has 0 saturated heterocycles. The molecule has 0 spiro atoms. The second-order valence-electron chi connectivity index (χ2n) is 5.02. The van der Waals surface area contributed by atoms with Crippen LogP contribution in [0.1, 0.15) is 29.0 Å². The van der Waals surface area contributed by atoms with Gasteiger partial charge < -0.3 is 5.32 Å². The van der Waals surface area contributed by atoms with Crippen LogP contribution in [0.5, 0.6) is 0 Å². The maximum atomic E-state index is 12.8. The lowest BCUT2D eigenvalue weighted by Gasteiger charge is -2.26. The Kier molecular flexibility index (Phi) is 3.20. The van der Waals surface area contributed by atoms with Crippen molar-refractivity contribution in [2.24, 2.45) is 0 Å². The Morgan fingerprint density at radius 1 is 1.05 bits per heavy atom. The van der Waals surface area contributed by atoms with Gasteiger partial charge in [0.1, 0.15) is 0 Å². The van der Waals surface area contributed by atoms with Crippen molar-refractivity contribution in [2.45, 2.75) is 18.5 Å². The lowest BCUT2D eigenvalue weighted by atomic mass is 9.84. The molecule has 1 heterocycles. The molecule has 0 radical (unpaired) electrons. The summed E-state index contributed by atoms with van der Waals surface area (Å²) in [5.74, 6) is -0.479. The van der Waals surface area contributed by atoms with Crippen LogP contribution in [0.15, 0.2) is 48.5 Å². The molecule has 2 aromatic rings. The standard InChI is InChI=1S/C16H12F3NO/c17-16(18,19)11-6-7-12-13(10-4-2-1-3-5-10)9-15(21)20-14(12)8-11/h1-8,13H,9H2,(H,20,21)/t13-/m0/s1. The quantitative estimate of drug-likeness (QED) is 0.839. The van der Waals surface area contributed by atoms with E-state index in [1.807, 2.05) is 30.3 Å². The number of carbonyl (C=O) groups is 1. The van der Waals surface area contributed by atoms with E-state index in [4.69, 9.17) is 0 Å². The third-order valence-electron chi connectivity index (χ3n) is 3.62. The van der Waals surface area contributed by atoms with Crippen LogP contribution in [0.3, 0.4) is 0 Å². The number of halogens is 3. The highest BCUT2D eigenvalue weighted by Gasteiger charge is 2.33. The molecule has 108 valence electrons. The summed E-state index contributed by atoms with van der Waals surface area (Å²) in [6.07, 6.45) is -4.18. The molecule has 0 unspecified atom stereocenters. The first kappa shape index (κ1) is 13.7. The van der Waals surface area contributed by atoms with Gasteiger partial charge in [-0.1, -0.05) is 36.4 Å². The van der Waals surface area contributed by atoms with E-state index in [0.717, 1.165) is 17.7 Å².